The van der Waals surface area contributed by atoms with E-state index >= 15 is 0 Å². The van der Waals surface area contributed by atoms with Gasteiger partial charge in [0.1, 0.15) is 12.4 Å². The SMILES string of the molecule is CC(N)Cc1coc(C2CCCO2)n1. The quantitative estimate of drug-likeness (QED) is 0.794. The van der Waals surface area contributed by atoms with Gasteiger partial charge in [-0.1, -0.05) is 0 Å². The predicted molar refractivity (Wildman–Crippen MR) is 51.8 cm³/mol. The zero-order chi connectivity index (χ0) is 9.97. The topological polar surface area (TPSA) is 61.3 Å². The minimum absolute atomic E-state index is 0.0665. The number of hydrogen-bond donors (Lipinski definition) is 1. The van der Waals surface area contributed by atoms with Gasteiger partial charge >= 0.3 is 0 Å². The zero-order valence-electron chi connectivity index (χ0n) is 8.40. The fourth-order valence-electron chi connectivity index (χ4n) is 1.67. The summed E-state index contributed by atoms with van der Waals surface area (Å²) in [5.74, 6) is 0.707. The lowest BCUT2D eigenvalue weighted by Gasteiger charge is -2.02. The monoisotopic (exact) mass is 196 g/mol. The van der Waals surface area contributed by atoms with Crippen LogP contribution in [0.1, 0.15) is 37.5 Å². The molecule has 2 rings (SSSR count). The van der Waals surface area contributed by atoms with E-state index in [4.69, 9.17) is 14.9 Å². The molecule has 2 N–H and O–H groups in total. The number of nitrogens with zero attached hydrogens (tertiary/aromatic N) is 1. The Morgan fingerprint density at radius 1 is 1.71 bits per heavy atom. The minimum Gasteiger partial charge on any atom is -0.446 e. The Hall–Kier alpha value is -0.870. The Morgan fingerprint density at radius 2 is 2.57 bits per heavy atom. The molecule has 0 amide bonds. The first-order valence-corrected chi connectivity index (χ1v) is 5.07. The van der Waals surface area contributed by atoms with Crippen LogP contribution in [-0.2, 0) is 11.2 Å². The number of rotatable bonds is 3. The molecule has 2 atom stereocenters. The summed E-state index contributed by atoms with van der Waals surface area (Å²) in [4.78, 5) is 4.36. The Balaban J connectivity index is 2.01. The second kappa shape index (κ2) is 4.11. The molecule has 1 fully saturated rings. The number of ether oxygens (including phenoxy) is 1. The molecule has 78 valence electrons. The summed E-state index contributed by atoms with van der Waals surface area (Å²) in [6.07, 6.45) is 4.61. The number of nitrogens with two attached hydrogens (primary N) is 1. The molecule has 0 aliphatic carbocycles. The zero-order valence-corrected chi connectivity index (χ0v) is 8.40. The smallest absolute Gasteiger partial charge is 0.223 e. The van der Waals surface area contributed by atoms with Gasteiger partial charge < -0.3 is 14.9 Å². The molecule has 0 radical (unpaired) electrons. The molecule has 4 nitrogen and oxygen atoms in total. The van der Waals surface area contributed by atoms with Crippen molar-refractivity contribution in [3.63, 3.8) is 0 Å². The number of hydrogen-bond acceptors (Lipinski definition) is 4. The third kappa shape index (κ3) is 2.13. The third-order valence-corrected chi connectivity index (χ3v) is 2.31. The van der Waals surface area contributed by atoms with Gasteiger partial charge in [-0.2, -0.15) is 0 Å². The molecule has 0 spiro atoms. The van der Waals surface area contributed by atoms with E-state index in [1.165, 1.54) is 0 Å². The molecule has 1 aromatic heterocycles. The van der Waals surface area contributed by atoms with Crippen molar-refractivity contribution in [1.82, 2.24) is 4.98 Å². The van der Waals surface area contributed by atoms with E-state index in [9.17, 15) is 0 Å². The lowest BCUT2D eigenvalue weighted by molar-refractivity contribution is 0.0892. The molecule has 1 aliphatic rings. The van der Waals surface area contributed by atoms with Crippen LogP contribution in [0.2, 0.25) is 0 Å². The van der Waals surface area contributed by atoms with Crippen LogP contribution in [0.4, 0.5) is 0 Å². The lowest BCUT2D eigenvalue weighted by atomic mass is 10.2. The van der Waals surface area contributed by atoms with Crippen molar-refractivity contribution in [3.05, 3.63) is 17.8 Å². The number of oxazole rings is 1. The maximum atomic E-state index is 5.67. The predicted octanol–water partition coefficient (Wildman–Crippen LogP) is 1.42. The van der Waals surface area contributed by atoms with Gasteiger partial charge in [0.15, 0.2) is 0 Å². The summed E-state index contributed by atoms with van der Waals surface area (Å²) in [6, 6.07) is 0.123. The second-order valence-corrected chi connectivity index (χ2v) is 3.86. The summed E-state index contributed by atoms with van der Waals surface area (Å²) in [7, 11) is 0. The highest BCUT2D eigenvalue weighted by atomic mass is 16.5. The van der Waals surface area contributed by atoms with Crippen molar-refractivity contribution in [2.75, 3.05) is 6.61 Å². The van der Waals surface area contributed by atoms with Crippen LogP contribution in [0.3, 0.4) is 0 Å². The van der Waals surface area contributed by atoms with Gasteiger partial charge in [-0.05, 0) is 19.8 Å². The highest BCUT2D eigenvalue weighted by Gasteiger charge is 2.22. The first kappa shape index (κ1) is 9.68. The molecule has 2 unspecified atom stereocenters. The average Bonchev–Trinajstić information content (AvgIpc) is 2.69. The molecule has 0 bridgehead atoms. The minimum atomic E-state index is 0.0665. The van der Waals surface area contributed by atoms with Gasteiger partial charge in [-0.15, -0.1) is 0 Å². The van der Waals surface area contributed by atoms with Crippen molar-refractivity contribution in [1.29, 1.82) is 0 Å². The van der Waals surface area contributed by atoms with Gasteiger partial charge in [-0.25, -0.2) is 4.98 Å². The Labute approximate surface area is 83.4 Å². The largest absolute Gasteiger partial charge is 0.446 e. The van der Waals surface area contributed by atoms with E-state index in [1.807, 2.05) is 6.92 Å². The summed E-state index contributed by atoms with van der Waals surface area (Å²) < 4.78 is 10.8. The fraction of sp³-hybridized carbons (Fsp3) is 0.700. The van der Waals surface area contributed by atoms with E-state index in [0.717, 1.165) is 31.6 Å². The third-order valence-electron chi connectivity index (χ3n) is 2.31. The summed E-state index contributed by atoms with van der Waals surface area (Å²) in [5, 5.41) is 0. The second-order valence-electron chi connectivity index (χ2n) is 3.86. The van der Waals surface area contributed by atoms with Crippen LogP contribution < -0.4 is 5.73 Å². The molecule has 1 saturated heterocycles. The van der Waals surface area contributed by atoms with Crippen LogP contribution in [-0.4, -0.2) is 17.6 Å². The maximum absolute atomic E-state index is 5.67. The molecule has 2 heterocycles. The summed E-state index contributed by atoms with van der Waals surface area (Å²) in [6.45, 7) is 2.77. The molecule has 0 saturated carbocycles. The van der Waals surface area contributed by atoms with E-state index in [0.29, 0.717) is 5.89 Å². The summed E-state index contributed by atoms with van der Waals surface area (Å²) in [5.41, 5.74) is 6.60. The molecule has 4 heteroatoms. The number of aromatic nitrogens is 1. The van der Waals surface area contributed by atoms with Gasteiger partial charge in [0.25, 0.3) is 0 Å². The van der Waals surface area contributed by atoms with Crippen LogP contribution in [0.25, 0.3) is 0 Å². The molecular weight excluding hydrogens is 180 g/mol. The highest BCUT2D eigenvalue weighted by molar-refractivity contribution is 5.01. The van der Waals surface area contributed by atoms with Crippen molar-refractivity contribution >= 4 is 0 Å². The summed E-state index contributed by atoms with van der Waals surface area (Å²) >= 11 is 0. The van der Waals surface area contributed by atoms with Gasteiger partial charge in [0.2, 0.25) is 5.89 Å². The maximum Gasteiger partial charge on any atom is 0.223 e. The normalized spacial score (nSPS) is 24.0. The lowest BCUT2D eigenvalue weighted by Crippen LogP contribution is -2.17. The van der Waals surface area contributed by atoms with Gasteiger partial charge in [0, 0.05) is 19.1 Å². The molecule has 0 aromatic carbocycles. The Kier molecular flexibility index (Phi) is 2.84. The fourth-order valence-corrected chi connectivity index (χ4v) is 1.67. The van der Waals surface area contributed by atoms with Crippen LogP contribution in [0.15, 0.2) is 10.7 Å². The molecule has 14 heavy (non-hydrogen) atoms. The van der Waals surface area contributed by atoms with Crippen molar-refractivity contribution in [2.45, 2.75) is 38.3 Å². The highest BCUT2D eigenvalue weighted by Crippen LogP contribution is 2.27. The van der Waals surface area contributed by atoms with Crippen LogP contribution >= 0.6 is 0 Å². The average molecular weight is 196 g/mol. The first-order chi connectivity index (χ1) is 6.75. The first-order valence-electron chi connectivity index (χ1n) is 5.07. The van der Waals surface area contributed by atoms with Gasteiger partial charge in [0.05, 0.1) is 5.69 Å². The van der Waals surface area contributed by atoms with Crippen molar-refractivity contribution in [3.8, 4) is 0 Å². The molecule has 1 aromatic rings. The van der Waals surface area contributed by atoms with E-state index < -0.39 is 0 Å². The Morgan fingerprint density at radius 3 is 3.21 bits per heavy atom. The van der Waals surface area contributed by atoms with E-state index in [-0.39, 0.29) is 12.1 Å². The Bertz CT molecular complexity index is 290. The van der Waals surface area contributed by atoms with E-state index in [1.54, 1.807) is 6.26 Å². The molecular formula is C10H16N2O2. The van der Waals surface area contributed by atoms with Crippen molar-refractivity contribution < 1.29 is 9.15 Å². The standard InChI is InChI=1S/C10H16N2O2/c1-7(11)5-8-6-14-10(12-8)9-3-2-4-13-9/h6-7,9H,2-5,11H2,1H3. The van der Waals surface area contributed by atoms with Crippen molar-refractivity contribution in [2.24, 2.45) is 5.73 Å². The molecule has 1 aliphatic heterocycles. The van der Waals surface area contributed by atoms with Crippen LogP contribution in [0, 0.1) is 0 Å². The van der Waals surface area contributed by atoms with E-state index in [2.05, 4.69) is 4.98 Å². The van der Waals surface area contributed by atoms with Crippen LogP contribution in [0.5, 0.6) is 0 Å². The van der Waals surface area contributed by atoms with Gasteiger partial charge in [-0.3, -0.25) is 0 Å².